The van der Waals surface area contributed by atoms with Crippen LogP contribution in [0.1, 0.15) is 12.5 Å². The van der Waals surface area contributed by atoms with Crippen LogP contribution in [0.15, 0.2) is 35.6 Å². The molecule has 0 radical (unpaired) electrons. The standard InChI is InChI=1S/C16H20N8O2/c1-10(14(18)26)21-16-19-8-11(9-25)15(23-16)22-12-3-2-4-13(7-12)24-20-6-5-17/h2-8,10,17,24-25H,9H2,1H3,(H2,18,26)(H2,19,21,22,23)/b17-5?,20-6-. The summed E-state index contributed by atoms with van der Waals surface area (Å²) in [6, 6.07) is 6.57. The van der Waals surface area contributed by atoms with Gasteiger partial charge < -0.3 is 26.9 Å². The Morgan fingerprint density at radius 2 is 2.23 bits per heavy atom. The van der Waals surface area contributed by atoms with Crippen LogP contribution in [0.3, 0.4) is 0 Å². The fourth-order valence-corrected chi connectivity index (χ4v) is 1.92. The SMILES string of the molecule is CC(Nc1ncc(CO)c(Nc2cccc(N/N=C\C=N)c2)n1)C(N)=O. The van der Waals surface area contributed by atoms with Gasteiger partial charge in [-0.15, -0.1) is 0 Å². The van der Waals surface area contributed by atoms with Crippen LogP contribution >= 0.6 is 0 Å². The summed E-state index contributed by atoms with van der Waals surface area (Å²) in [4.78, 5) is 19.5. The van der Waals surface area contributed by atoms with Gasteiger partial charge in [-0.05, 0) is 25.1 Å². The van der Waals surface area contributed by atoms with Gasteiger partial charge in [0.2, 0.25) is 11.9 Å². The van der Waals surface area contributed by atoms with Crippen LogP contribution in [-0.2, 0) is 11.4 Å². The molecular weight excluding hydrogens is 336 g/mol. The molecule has 2 rings (SSSR count). The lowest BCUT2D eigenvalue weighted by atomic mass is 10.2. The average molecular weight is 356 g/mol. The summed E-state index contributed by atoms with van der Waals surface area (Å²) in [5.74, 6) is 0.0706. The number of amides is 1. The molecule has 1 atom stereocenters. The molecule has 1 aromatic heterocycles. The van der Waals surface area contributed by atoms with Gasteiger partial charge in [-0.25, -0.2) is 4.98 Å². The molecule has 10 heteroatoms. The normalized spacial score (nSPS) is 11.8. The number of primary amides is 1. The van der Waals surface area contributed by atoms with E-state index in [0.29, 0.717) is 22.8 Å². The first kappa shape index (κ1) is 18.8. The third-order valence-corrected chi connectivity index (χ3v) is 3.28. The molecule has 1 amide bonds. The van der Waals surface area contributed by atoms with Crippen LogP contribution in [0, 0.1) is 5.41 Å². The van der Waals surface area contributed by atoms with Gasteiger partial charge in [0, 0.05) is 23.7 Å². The maximum atomic E-state index is 11.2. The van der Waals surface area contributed by atoms with Crippen molar-refractivity contribution in [1.82, 2.24) is 9.97 Å². The van der Waals surface area contributed by atoms with E-state index in [4.69, 9.17) is 11.1 Å². The fourth-order valence-electron chi connectivity index (χ4n) is 1.92. The van der Waals surface area contributed by atoms with E-state index in [1.54, 1.807) is 25.1 Å². The van der Waals surface area contributed by atoms with Crippen LogP contribution in [0.4, 0.5) is 23.1 Å². The number of hydrogen-bond donors (Lipinski definition) is 6. The van der Waals surface area contributed by atoms with Gasteiger partial charge in [-0.3, -0.25) is 10.2 Å². The second-order valence-corrected chi connectivity index (χ2v) is 5.26. The van der Waals surface area contributed by atoms with E-state index in [0.717, 1.165) is 6.21 Å². The van der Waals surface area contributed by atoms with Crippen molar-refractivity contribution >= 4 is 41.5 Å². The van der Waals surface area contributed by atoms with Crippen molar-refractivity contribution in [1.29, 1.82) is 5.41 Å². The molecule has 7 N–H and O–H groups in total. The van der Waals surface area contributed by atoms with Gasteiger partial charge >= 0.3 is 0 Å². The Morgan fingerprint density at radius 1 is 1.46 bits per heavy atom. The number of carbonyl (C=O) groups excluding carboxylic acids is 1. The summed E-state index contributed by atoms with van der Waals surface area (Å²) < 4.78 is 0. The smallest absolute Gasteiger partial charge is 0.239 e. The topological polar surface area (TPSA) is 161 Å². The number of aliphatic hydroxyl groups excluding tert-OH is 1. The minimum Gasteiger partial charge on any atom is -0.391 e. The van der Waals surface area contributed by atoms with Crippen molar-refractivity contribution in [3.63, 3.8) is 0 Å². The van der Waals surface area contributed by atoms with Crippen LogP contribution in [0.2, 0.25) is 0 Å². The number of nitrogens with one attached hydrogen (secondary N) is 4. The molecule has 10 nitrogen and oxygen atoms in total. The number of nitrogens with zero attached hydrogens (tertiary/aromatic N) is 3. The average Bonchev–Trinajstić information content (AvgIpc) is 2.62. The lowest BCUT2D eigenvalue weighted by Crippen LogP contribution is -2.33. The van der Waals surface area contributed by atoms with E-state index >= 15 is 0 Å². The number of aromatic nitrogens is 2. The number of nitrogens with two attached hydrogens (primary N) is 1. The second-order valence-electron chi connectivity index (χ2n) is 5.26. The number of hydrazone groups is 1. The maximum absolute atomic E-state index is 11.2. The van der Waals surface area contributed by atoms with Crippen LogP contribution in [-0.4, -0.2) is 39.5 Å². The number of anilines is 4. The lowest BCUT2D eigenvalue weighted by molar-refractivity contribution is -0.118. The summed E-state index contributed by atoms with van der Waals surface area (Å²) >= 11 is 0. The molecule has 0 fully saturated rings. The van der Waals surface area contributed by atoms with Crippen molar-refractivity contribution in [2.24, 2.45) is 10.8 Å². The van der Waals surface area contributed by atoms with E-state index in [1.807, 2.05) is 6.07 Å². The number of aliphatic hydroxyl groups is 1. The quantitative estimate of drug-likeness (QED) is 0.289. The summed E-state index contributed by atoms with van der Waals surface area (Å²) in [5, 5.41) is 26.1. The highest BCUT2D eigenvalue weighted by Crippen LogP contribution is 2.22. The van der Waals surface area contributed by atoms with Gasteiger partial charge in [0.15, 0.2) is 0 Å². The Labute approximate surface area is 150 Å². The van der Waals surface area contributed by atoms with E-state index in [2.05, 4.69) is 31.1 Å². The molecular formula is C16H20N8O2. The molecule has 0 saturated heterocycles. The molecule has 0 aliphatic rings. The van der Waals surface area contributed by atoms with Gasteiger partial charge in [0.25, 0.3) is 0 Å². The van der Waals surface area contributed by atoms with Crippen molar-refractivity contribution in [2.45, 2.75) is 19.6 Å². The highest BCUT2D eigenvalue weighted by molar-refractivity contribution is 6.14. The minimum absolute atomic E-state index is 0.209. The lowest BCUT2D eigenvalue weighted by Gasteiger charge is -2.14. The van der Waals surface area contributed by atoms with E-state index < -0.39 is 11.9 Å². The number of hydrogen-bond acceptors (Lipinski definition) is 9. The number of carbonyl (C=O) groups is 1. The van der Waals surface area contributed by atoms with Crippen molar-refractivity contribution in [3.05, 3.63) is 36.0 Å². The maximum Gasteiger partial charge on any atom is 0.239 e. The first-order chi connectivity index (χ1) is 12.5. The van der Waals surface area contributed by atoms with Gasteiger partial charge in [-0.1, -0.05) is 6.07 Å². The molecule has 1 heterocycles. The monoisotopic (exact) mass is 356 g/mol. The summed E-state index contributed by atoms with van der Waals surface area (Å²) in [5.41, 5.74) is 9.89. The minimum atomic E-state index is -0.637. The molecule has 0 bridgehead atoms. The Balaban J connectivity index is 2.21. The van der Waals surface area contributed by atoms with Crippen molar-refractivity contribution < 1.29 is 9.90 Å². The molecule has 2 aromatic rings. The fraction of sp³-hybridized carbons (Fsp3) is 0.188. The van der Waals surface area contributed by atoms with Gasteiger partial charge in [-0.2, -0.15) is 10.1 Å². The molecule has 26 heavy (non-hydrogen) atoms. The highest BCUT2D eigenvalue weighted by atomic mass is 16.3. The zero-order valence-electron chi connectivity index (χ0n) is 14.1. The van der Waals surface area contributed by atoms with Crippen LogP contribution in [0.25, 0.3) is 0 Å². The Hall–Kier alpha value is -3.53. The molecule has 1 unspecified atom stereocenters. The largest absolute Gasteiger partial charge is 0.391 e. The molecule has 0 aliphatic carbocycles. The van der Waals surface area contributed by atoms with Gasteiger partial charge in [0.1, 0.15) is 11.9 Å². The first-order valence-corrected chi connectivity index (χ1v) is 7.71. The molecule has 0 saturated carbocycles. The molecule has 136 valence electrons. The summed E-state index contributed by atoms with van der Waals surface area (Å²) in [6.45, 7) is 1.35. The second kappa shape index (κ2) is 9.08. The summed E-state index contributed by atoms with van der Waals surface area (Å²) in [6.07, 6.45) is 3.83. The summed E-state index contributed by atoms with van der Waals surface area (Å²) in [7, 11) is 0. The van der Waals surface area contributed by atoms with Crippen molar-refractivity contribution in [3.8, 4) is 0 Å². The van der Waals surface area contributed by atoms with Crippen molar-refractivity contribution in [2.75, 3.05) is 16.1 Å². The third-order valence-electron chi connectivity index (χ3n) is 3.28. The van der Waals surface area contributed by atoms with E-state index in [-0.39, 0.29) is 12.6 Å². The predicted molar refractivity (Wildman–Crippen MR) is 101 cm³/mol. The zero-order chi connectivity index (χ0) is 18.9. The predicted octanol–water partition coefficient (Wildman–Crippen LogP) is 1.05. The van der Waals surface area contributed by atoms with E-state index in [9.17, 15) is 9.90 Å². The van der Waals surface area contributed by atoms with E-state index in [1.165, 1.54) is 12.4 Å². The molecule has 0 spiro atoms. The third kappa shape index (κ3) is 5.24. The molecule has 1 aromatic carbocycles. The Bertz CT molecular complexity index is 809. The van der Waals surface area contributed by atoms with Crippen LogP contribution < -0.4 is 21.8 Å². The van der Waals surface area contributed by atoms with Crippen LogP contribution in [0.5, 0.6) is 0 Å². The first-order valence-electron chi connectivity index (χ1n) is 7.71. The zero-order valence-corrected chi connectivity index (χ0v) is 14.1. The highest BCUT2D eigenvalue weighted by Gasteiger charge is 2.12. The Morgan fingerprint density at radius 3 is 2.92 bits per heavy atom. The number of benzene rings is 1. The molecule has 0 aliphatic heterocycles. The van der Waals surface area contributed by atoms with Gasteiger partial charge in [0.05, 0.1) is 18.5 Å². The number of rotatable bonds is 9. The Kier molecular flexibility index (Phi) is 6.57.